The zero-order valence-electron chi connectivity index (χ0n) is 15.5. The fourth-order valence-corrected chi connectivity index (χ4v) is 3.99. The second kappa shape index (κ2) is 8.38. The lowest BCUT2D eigenvalue weighted by Crippen LogP contribution is -2.49. The predicted octanol–water partition coefficient (Wildman–Crippen LogP) is 4.56. The first kappa shape index (κ1) is 20.4. The van der Waals surface area contributed by atoms with E-state index in [-0.39, 0.29) is 11.6 Å². The van der Waals surface area contributed by atoms with Crippen LogP contribution in [0.1, 0.15) is 42.2 Å². The molecule has 3 rings (SSSR count). The lowest BCUT2D eigenvalue weighted by molar-refractivity contribution is -0.123. The van der Waals surface area contributed by atoms with E-state index >= 15 is 0 Å². The summed E-state index contributed by atoms with van der Waals surface area (Å²) < 4.78 is 3.78. The van der Waals surface area contributed by atoms with Gasteiger partial charge in [-0.3, -0.25) is 14.5 Å². The molecule has 0 saturated carbocycles. The van der Waals surface area contributed by atoms with Crippen LogP contribution in [0.4, 0.5) is 5.69 Å². The van der Waals surface area contributed by atoms with Crippen molar-refractivity contribution in [2.24, 2.45) is 0 Å². The maximum atomic E-state index is 13.3. The number of hydrogen-bond acceptors (Lipinski definition) is 6. The summed E-state index contributed by atoms with van der Waals surface area (Å²) in [7, 11) is 0. The van der Waals surface area contributed by atoms with Crippen LogP contribution in [0.25, 0.3) is 0 Å². The van der Waals surface area contributed by atoms with Gasteiger partial charge < -0.3 is 5.32 Å². The summed E-state index contributed by atoms with van der Waals surface area (Å²) in [6.07, 6.45) is 0. The van der Waals surface area contributed by atoms with Gasteiger partial charge >= 0.3 is 0 Å². The van der Waals surface area contributed by atoms with Gasteiger partial charge in [0.15, 0.2) is 11.7 Å². The second-order valence-corrected chi connectivity index (χ2v) is 9.12. The molecular weight excluding hydrogens is 416 g/mol. The summed E-state index contributed by atoms with van der Waals surface area (Å²) in [5.41, 5.74) is 0.277. The summed E-state index contributed by atoms with van der Waals surface area (Å²) in [5, 5.41) is 10.9. The number of nitrogens with one attached hydrogen (secondary N) is 1. The van der Waals surface area contributed by atoms with E-state index in [1.165, 1.54) is 16.2 Å². The van der Waals surface area contributed by atoms with Crippen molar-refractivity contribution in [3.63, 3.8) is 0 Å². The molecule has 0 aliphatic rings. The Morgan fingerprint density at radius 2 is 1.89 bits per heavy atom. The summed E-state index contributed by atoms with van der Waals surface area (Å²) in [5.74, 6) is -0.681. The van der Waals surface area contributed by atoms with Crippen molar-refractivity contribution < 1.29 is 9.59 Å². The molecule has 1 aromatic carbocycles. The molecular formula is C19H19ClN4O2S2. The third-order valence-electron chi connectivity index (χ3n) is 3.72. The van der Waals surface area contributed by atoms with Gasteiger partial charge in [-0.05, 0) is 68.0 Å². The minimum absolute atomic E-state index is 0.185. The van der Waals surface area contributed by atoms with E-state index in [1.807, 2.05) is 38.3 Å². The number of halogens is 1. The molecule has 6 nitrogen and oxygen atoms in total. The molecule has 0 bridgehead atoms. The molecule has 9 heteroatoms. The molecule has 146 valence electrons. The van der Waals surface area contributed by atoms with Crippen LogP contribution in [0.15, 0.2) is 47.2 Å². The number of carbonyl (C=O) groups excluding carboxylic acids is 2. The van der Waals surface area contributed by atoms with Crippen molar-refractivity contribution in [1.82, 2.24) is 14.9 Å². The molecule has 0 unspecified atom stereocenters. The first-order chi connectivity index (χ1) is 13.3. The standard InChI is InChI=1S/C19H19ClN4O2S2/c1-19(2,3)21-17(25)16(15-5-4-10-27-15)24(13-8-6-12(20)7-9-13)18(26)14-11-28-23-22-14/h4-11,16H,1-3H3,(H,21,25)/t16-/m1/s1. The monoisotopic (exact) mass is 434 g/mol. The topological polar surface area (TPSA) is 75.2 Å². The molecule has 0 fully saturated rings. The van der Waals surface area contributed by atoms with Crippen LogP contribution in [-0.2, 0) is 4.79 Å². The van der Waals surface area contributed by atoms with Gasteiger partial charge in [-0.2, -0.15) is 0 Å². The highest BCUT2D eigenvalue weighted by molar-refractivity contribution is 7.10. The van der Waals surface area contributed by atoms with E-state index in [4.69, 9.17) is 11.6 Å². The van der Waals surface area contributed by atoms with E-state index in [9.17, 15) is 9.59 Å². The van der Waals surface area contributed by atoms with Crippen LogP contribution in [0.5, 0.6) is 0 Å². The summed E-state index contributed by atoms with van der Waals surface area (Å²) >= 11 is 8.52. The van der Waals surface area contributed by atoms with Crippen molar-refractivity contribution in [3.05, 3.63) is 62.8 Å². The molecule has 1 atom stereocenters. The zero-order chi connectivity index (χ0) is 20.3. The minimum atomic E-state index is -0.852. The fourth-order valence-electron chi connectivity index (χ4n) is 2.62. The maximum Gasteiger partial charge on any atom is 0.280 e. The molecule has 28 heavy (non-hydrogen) atoms. The minimum Gasteiger partial charge on any atom is -0.349 e. The Hall–Kier alpha value is -2.29. The van der Waals surface area contributed by atoms with Crippen LogP contribution in [0.3, 0.4) is 0 Å². The molecule has 2 heterocycles. The van der Waals surface area contributed by atoms with Crippen LogP contribution in [0, 0.1) is 0 Å². The van der Waals surface area contributed by atoms with Crippen molar-refractivity contribution in [2.75, 3.05) is 4.90 Å². The number of rotatable bonds is 5. The Bertz CT molecular complexity index is 935. The number of thiophene rings is 1. The zero-order valence-corrected chi connectivity index (χ0v) is 17.9. The van der Waals surface area contributed by atoms with Gasteiger partial charge in [0.1, 0.15) is 0 Å². The van der Waals surface area contributed by atoms with Crippen LogP contribution in [0.2, 0.25) is 5.02 Å². The molecule has 2 aromatic heterocycles. The van der Waals surface area contributed by atoms with E-state index in [1.54, 1.807) is 29.6 Å². The molecule has 1 N–H and O–H groups in total. The van der Waals surface area contributed by atoms with Gasteiger partial charge in [-0.1, -0.05) is 22.2 Å². The highest BCUT2D eigenvalue weighted by Gasteiger charge is 2.36. The van der Waals surface area contributed by atoms with Gasteiger partial charge in [-0.15, -0.1) is 16.4 Å². The smallest absolute Gasteiger partial charge is 0.280 e. The van der Waals surface area contributed by atoms with E-state index < -0.39 is 17.5 Å². The summed E-state index contributed by atoms with van der Waals surface area (Å²) in [4.78, 5) is 28.8. The predicted molar refractivity (Wildman–Crippen MR) is 113 cm³/mol. The average molecular weight is 435 g/mol. The number of benzene rings is 1. The van der Waals surface area contributed by atoms with Crippen molar-refractivity contribution in [3.8, 4) is 0 Å². The lowest BCUT2D eigenvalue weighted by atomic mass is 10.1. The molecule has 2 amide bonds. The number of amides is 2. The number of nitrogens with zero attached hydrogens (tertiary/aromatic N) is 3. The third-order valence-corrected chi connectivity index (χ3v) is 5.40. The van der Waals surface area contributed by atoms with Crippen LogP contribution < -0.4 is 10.2 Å². The first-order valence-electron chi connectivity index (χ1n) is 8.48. The molecule has 0 spiro atoms. The highest BCUT2D eigenvalue weighted by Crippen LogP contribution is 2.33. The third kappa shape index (κ3) is 4.76. The molecule has 0 aliphatic heterocycles. The Morgan fingerprint density at radius 1 is 1.18 bits per heavy atom. The Balaban J connectivity index is 2.12. The molecule has 0 saturated heterocycles. The number of aromatic nitrogens is 2. The summed E-state index contributed by atoms with van der Waals surface area (Å²) in [6, 6.07) is 9.64. The lowest BCUT2D eigenvalue weighted by Gasteiger charge is -2.32. The van der Waals surface area contributed by atoms with Crippen molar-refractivity contribution >= 4 is 52.0 Å². The van der Waals surface area contributed by atoms with Gasteiger partial charge in [0, 0.05) is 26.5 Å². The van der Waals surface area contributed by atoms with Gasteiger partial charge in [0.05, 0.1) is 0 Å². The van der Waals surface area contributed by atoms with Gasteiger partial charge in [-0.25, -0.2) is 0 Å². The molecule has 0 radical (unpaired) electrons. The van der Waals surface area contributed by atoms with Crippen molar-refractivity contribution in [1.29, 1.82) is 0 Å². The fraction of sp³-hybridized carbons (Fsp3) is 0.263. The Labute approximate surface area is 176 Å². The highest BCUT2D eigenvalue weighted by atomic mass is 35.5. The summed E-state index contributed by atoms with van der Waals surface area (Å²) in [6.45, 7) is 5.69. The molecule has 0 aliphatic carbocycles. The normalized spacial score (nSPS) is 12.4. The van der Waals surface area contributed by atoms with E-state index in [0.29, 0.717) is 10.7 Å². The maximum absolute atomic E-state index is 13.3. The van der Waals surface area contributed by atoms with Gasteiger partial charge in [0.2, 0.25) is 5.91 Å². The number of hydrogen-bond donors (Lipinski definition) is 1. The van der Waals surface area contributed by atoms with E-state index in [2.05, 4.69) is 14.9 Å². The van der Waals surface area contributed by atoms with E-state index in [0.717, 1.165) is 16.4 Å². The number of anilines is 1. The quantitative estimate of drug-likeness (QED) is 0.638. The SMILES string of the molecule is CC(C)(C)NC(=O)[C@@H](c1cccs1)N(C(=O)c1csnn1)c1ccc(Cl)cc1. The average Bonchev–Trinajstić information content (AvgIpc) is 3.32. The largest absolute Gasteiger partial charge is 0.349 e. The first-order valence-corrected chi connectivity index (χ1v) is 10.6. The number of carbonyl (C=O) groups is 2. The second-order valence-electron chi connectivity index (χ2n) is 7.10. The Kier molecular flexibility index (Phi) is 6.12. The molecule has 3 aromatic rings. The van der Waals surface area contributed by atoms with Crippen LogP contribution in [-0.4, -0.2) is 26.9 Å². The van der Waals surface area contributed by atoms with Crippen LogP contribution >= 0.6 is 34.5 Å². The van der Waals surface area contributed by atoms with Gasteiger partial charge in [0.25, 0.3) is 5.91 Å². The Morgan fingerprint density at radius 3 is 2.43 bits per heavy atom. The van der Waals surface area contributed by atoms with Crippen molar-refractivity contribution in [2.45, 2.75) is 32.4 Å².